The van der Waals surface area contributed by atoms with Crippen molar-refractivity contribution in [3.8, 4) is 5.75 Å². The zero-order valence-corrected chi connectivity index (χ0v) is 21.8. The van der Waals surface area contributed by atoms with Gasteiger partial charge in [-0.1, -0.05) is 25.6 Å². The van der Waals surface area contributed by atoms with E-state index in [1.165, 1.54) is 13.2 Å². The van der Waals surface area contributed by atoms with Crippen LogP contribution in [0.4, 0.5) is 42.0 Å². The summed E-state index contributed by atoms with van der Waals surface area (Å²) in [4.78, 5) is 22.0. The first-order valence-electron chi connectivity index (χ1n) is 12.6. The van der Waals surface area contributed by atoms with Crippen LogP contribution in [0.25, 0.3) is 0 Å². The van der Waals surface area contributed by atoms with Crippen LogP contribution < -0.4 is 20.7 Å². The largest absolute Gasteiger partial charge is 0.495 e. The molecule has 39 heavy (non-hydrogen) atoms. The Bertz CT molecular complexity index is 1320. The molecule has 0 unspecified atom stereocenters. The second kappa shape index (κ2) is 12.2. The Morgan fingerprint density at radius 3 is 2.64 bits per heavy atom. The van der Waals surface area contributed by atoms with Crippen LogP contribution in [-0.4, -0.2) is 47.5 Å². The maximum Gasteiger partial charge on any atom is 0.421 e. The predicted octanol–water partition coefficient (Wildman–Crippen LogP) is 6.00. The lowest BCUT2D eigenvalue weighted by molar-refractivity contribution is -0.137. The van der Waals surface area contributed by atoms with E-state index in [1.807, 2.05) is 18.2 Å². The molecule has 1 aliphatic rings. The third-order valence-corrected chi connectivity index (χ3v) is 6.28. The van der Waals surface area contributed by atoms with Crippen molar-refractivity contribution in [1.29, 1.82) is 0 Å². The standard InChI is InChI=1S/C28H31F3N6O2/c1-4-11-37-16-19(17-37)12-18-9-10-23(24(13-18)39-3)35-27-32-15-22(28(29,30)31)26(36-27)34-21-8-6-7-20(14-21)33-25(38)5-2/h5-10,13-15,19H,2,4,11-12,16-17H2,1,3H3,(H,33,38)(H2,32,34,35,36). The Morgan fingerprint density at radius 1 is 1.18 bits per heavy atom. The summed E-state index contributed by atoms with van der Waals surface area (Å²) in [5.74, 6) is 0.213. The highest BCUT2D eigenvalue weighted by atomic mass is 19.4. The maximum absolute atomic E-state index is 13.7. The molecule has 4 rings (SSSR count). The molecule has 11 heteroatoms. The van der Waals surface area contributed by atoms with E-state index in [9.17, 15) is 18.0 Å². The summed E-state index contributed by atoms with van der Waals surface area (Å²) in [6.07, 6.45) is -0.804. The third-order valence-electron chi connectivity index (χ3n) is 6.28. The van der Waals surface area contributed by atoms with Crippen LogP contribution in [0.2, 0.25) is 0 Å². The van der Waals surface area contributed by atoms with E-state index in [0.29, 0.717) is 28.7 Å². The fourth-order valence-corrected chi connectivity index (χ4v) is 4.47. The van der Waals surface area contributed by atoms with Crippen molar-refractivity contribution in [3.63, 3.8) is 0 Å². The van der Waals surface area contributed by atoms with Gasteiger partial charge >= 0.3 is 6.18 Å². The van der Waals surface area contributed by atoms with Crippen LogP contribution in [0.1, 0.15) is 24.5 Å². The highest BCUT2D eigenvalue weighted by Gasteiger charge is 2.35. The number of halogens is 3. The van der Waals surface area contributed by atoms with Gasteiger partial charge in [0.05, 0.1) is 12.8 Å². The Kier molecular flexibility index (Phi) is 8.70. The van der Waals surface area contributed by atoms with Gasteiger partial charge in [0.15, 0.2) is 0 Å². The van der Waals surface area contributed by atoms with Crippen molar-refractivity contribution in [2.75, 3.05) is 42.7 Å². The molecule has 0 atom stereocenters. The number of amides is 1. The molecule has 2 aromatic carbocycles. The van der Waals surface area contributed by atoms with E-state index in [1.54, 1.807) is 18.2 Å². The van der Waals surface area contributed by atoms with E-state index < -0.39 is 23.5 Å². The van der Waals surface area contributed by atoms with Gasteiger partial charge in [0.1, 0.15) is 17.1 Å². The van der Waals surface area contributed by atoms with Crippen LogP contribution in [0.5, 0.6) is 5.75 Å². The van der Waals surface area contributed by atoms with Crippen molar-refractivity contribution < 1.29 is 22.7 Å². The molecule has 2 heterocycles. The minimum Gasteiger partial charge on any atom is -0.495 e. The van der Waals surface area contributed by atoms with E-state index in [2.05, 4.69) is 44.3 Å². The number of benzene rings is 2. The van der Waals surface area contributed by atoms with Gasteiger partial charge in [-0.25, -0.2) is 4.98 Å². The first-order valence-corrected chi connectivity index (χ1v) is 12.6. The molecule has 1 fully saturated rings. The number of methoxy groups -OCH3 is 1. The molecule has 1 aromatic heterocycles. The van der Waals surface area contributed by atoms with Gasteiger partial charge in [-0.3, -0.25) is 4.79 Å². The van der Waals surface area contributed by atoms with Crippen LogP contribution in [0, 0.1) is 5.92 Å². The quantitative estimate of drug-likeness (QED) is 0.257. The number of carbonyl (C=O) groups is 1. The van der Waals surface area contributed by atoms with Gasteiger partial charge < -0.3 is 25.6 Å². The Hall–Kier alpha value is -4.12. The summed E-state index contributed by atoms with van der Waals surface area (Å²) in [7, 11) is 1.54. The van der Waals surface area contributed by atoms with Crippen LogP contribution in [0.3, 0.4) is 0 Å². The predicted molar refractivity (Wildman–Crippen MR) is 146 cm³/mol. The molecule has 0 bridgehead atoms. The number of likely N-dealkylation sites (tertiary alicyclic amines) is 1. The highest BCUT2D eigenvalue weighted by Crippen LogP contribution is 2.36. The Morgan fingerprint density at radius 2 is 1.95 bits per heavy atom. The smallest absolute Gasteiger partial charge is 0.421 e. The lowest BCUT2D eigenvalue weighted by atomic mass is 9.92. The van der Waals surface area contributed by atoms with E-state index in [4.69, 9.17) is 4.74 Å². The highest BCUT2D eigenvalue weighted by molar-refractivity contribution is 5.99. The second-order valence-corrected chi connectivity index (χ2v) is 9.34. The number of hydrogen-bond donors (Lipinski definition) is 3. The Balaban J connectivity index is 1.53. The van der Waals surface area contributed by atoms with Crippen LogP contribution >= 0.6 is 0 Å². The summed E-state index contributed by atoms with van der Waals surface area (Å²) in [6, 6.07) is 12.0. The number of nitrogens with one attached hydrogen (secondary N) is 3. The first kappa shape index (κ1) is 27.9. The third kappa shape index (κ3) is 7.26. The van der Waals surface area contributed by atoms with E-state index in [-0.39, 0.29) is 5.95 Å². The molecule has 1 amide bonds. The lowest BCUT2D eigenvalue weighted by Gasteiger charge is -2.39. The number of carbonyl (C=O) groups excluding carboxylic acids is 1. The minimum atomic E-state index is -4.69. The lowest BCUT2D eigenvalue weighted by Crippen LogP contribution is -2.47. The molecule has 1 aliphatic heterocycles. The van der Waals surface area contributed by atoms with Gasteiger partial charge in [0.2, 0.25) is 11.9 Å². The average Bonchev–Trinajstić information content (AvgIpc) is 2.88. The molecule has 3 aromatic rings. The molecular weight excluding hydrogens is 509 g/mol. The zero-order chi connectivity index (χ0) is 28.0. The molecule has 0 spiro atoms. The molecule has 8 nitrogen and oxygen atoms in total. The van der Waals surface area contributed by atoms with Crippen LogP contribution in [0.15, 0.2) is 61.3 Å². The number of anilines is 5. The fourth-order valence-electron chi connectivity index (χ4n) is 4.47. The SMILES string of the molecule is C=CC(=O)Nc1cccc(Nc2nc(Nc3ccc(CC4CN(CCC)C4)cc3OC)ncc2C(F)(F)F)c1. The molecule has 0 saturated carbocycles. The summed E-state index contributed by atoms with van der Waals surface area (Å²) in [5.41, 5.74) is 1.30. The van der Waals surface area contributed by atoms with Gasteiger partial charge in [0, 0.05) is 30.7 Å². The molecule has 0 radical (unpaired) electrons. The topological polar surface area (TPSA) is 91.4 Å². The maximum atomic E-state index is 13.7. The summed E-state index contributed by atoms with van der Waals surface area (Å²) in [5, 5.41) is 8.24. The molecular formula is C28H31F3N6O2. The number of alkyl halides is 3. The van der Waals surface area contributed by atoms with Crippen molar-refractivity contribution in [1.82, 2.24) is 14.9 Å². The van der Waals surface area contributed by atoms with E-state index in [0.717, 1.165) is 50.3 Å². The van der Waals surface area contributed by atoms with E-state index >= 15 is 0 Å². The number of nitrogens with zero attached hydrogens (tertiary/aromatic N) is 3. The number of rotatable bonds is 11. The first-order chi connectivity index (χ1) is 18.7. The van der Waals surface area contributed by atoms with Gasteiger partial charge in [0.25, 0.3) is 0 Å². The Labute approximate surface area is 225 Å². The van der Waals surface area contributed by atoms with Gasteiger partial charge in [-0.2, -0.15) is 18.2 Å². The minimum absolute atomic E-state index is 0.0399. The zero-order valence-electron chi connectivity index (χ0n) is 21.8. The van der Waals surface area contributed by atoms with Crippen molar-refractivity contribution in [3.05, 3.63) is 72.4 Å². The number of hydrogen-bond acceptors (Lipinski definition) is 7. The number of aromatic nitrogens is 2. The molecule has 1 saturated heterocycles. The summed E-state index contributed by atoms with van der Waals surface area (Å²) >= 11 is 0. The molecule has 206 valence electrons. The van der Waals surface area contributed by atoms with Crippen molar-refractivity contribution in [2.45, 2.75) is 25.9 Å². The monoisotopic (exact) mass is 540 g/mol. The van der Waals surface area contributed by atoms with Gasteiger partial charge in [-0.05, 0) is 67.3 Å². The second-order valence-electron chi connectivity index (χ2n) is 9.34. The molecule has 3 N–H and O–H groups in total. The fraction of sp³-hybridized carbons (Fsp3) is 0.321. The van der Waals surface area contributed by atoms with Crippen molar-refractivity contribution in [2.24, 2.45) is 5.92 Å². The van der Waals surface area contributed by atoms with Gasteiger partial charge in [-0.15, -0.1) is 0 Å². The summed E-state index contributed by atoms with van der Waals surface area (Å²) < 4.78 is 46.8. The average molecular weight is 541 g/mol. The summed E-state index contributed by atoms with van der Waals surface area (Å²) in [6.45, 7) is 8.83. The van der Waals surface area contributed by atoms with Crippen molar-refractivity contribution >= 4 is 34.7 Å². The normalized spacial score (nSPS) is 13.9. The molecule has 0 aliphatic carbocycles. The van der Waals surface area contributed by atoms with Crippen LogP contribution in [-0.2, 0) is 17.4 Å². The number of ether oxygens (including phenoxy) is 1.